The summed E-state index contributed by atoms with van der Waals surface area (Å²) in [7, 11) is 0. The van der Waals surface area contributed by atoms with Gasteiger partial charge < -0.3 is 0 Å². The van der Waals surface area contributed by atoms with Crippen molar-refractivity contribution >= 4 is 0 Å². The van der Waals surface area contributed by atoms with Crippen LogP contribution in [0.3, 0.4) is 0 Å². The molecule has 0 bridgehead atoms. The van der Waals surface area contributed by atoms with Gasteiger partial charge in [0.2, 0.25) is 0 Å². The molecule has 0 aromatic rings. The fraction of sp³-hybridized carbons (Fsp3) is 1.00. The van der Waals surface area contributed by atoms with Gasteiger partial charge in [0.15, 0.2) is 0 Å². The highest BCUT2D eigenvalue weighted by Gasteiger charge is 2.71. The molecule has 2 unspecified atom stereocenters. The molecule has 2 saturated carbocycles. The molecule has 0 aromatic heterocycles. The zero-order valence-electron chi connectivity index (χ0n) is 13.7. The summed E-state index contributed by atoms with van der Waals surface area (Å²) in [5.74, 6) is -1.95. The molecule has 0 saturated heterocycles. The van der Waals surface area contributed by atoms with E-state index in [-0.39, 0.29) is 17.8 Å². The van der Waals surface area contributed by atoms with Gasteiger partial charge in [0.1, 0.15) is 0 Å². The highest BCUT2D eigenvalue weighted by molar-refractivity contribution is 5.11. The van der Waals surface area contributed by atoms with Crippen LogP contribution in [0.1, 0.15) is 54.4 Å². The van der Waals surface area contributed by atoms with Gasteiger partial charge in [-0.1, -0.05) is 41.5 Å². The third kappa shape index (κ3) is 3.70. The Bertz CT molecular complexity index is 340. The standard InChI is InChI=1S/C9H14F2.C7H13F3/c1-5(2)6-3-7-8(4-6)9(7,10)11;1-5(2)6(3,4)7(8,9)10/h5-8H,3-4H2,1-2H3;5H,1-4H3. The van der Waals surface area contributed by atoms with Crippen LogP contribution in [0.4, 0.5) is 22.0 Å². The third-order valence-electron chi connectivity index (χ3n) is 5.60. The molecule has 0 amide bonds. The van der Waals surface area contributed by atoms with E-state index >= 15 is 0 Å². The van der Waals surface area contributed by atoms with Gasteiger partial charge in [-0.05, 0) is 30.6 Å². The molecule has 0 heterocycles. The third-order valence-corrected chi connectivity index (χ3v) is 5.60. The molecule has 0 aliphatic heterocycles. The first-order valence-electron chi connectivity index (χ1n) is 7.67. The Morgan fingerprint density at radius 1 is 0.905 bits per heavy atom. The van der Waals surface area contributed by atoms with Gasteiger partial charge in [-0.2, -0.15) is 13.2 Å². The van der Waals surface area contributed by atoms with E-state index in [0.29, 0.717) is 11.8 Å². The predicted molar refractivity (Wildman–Crippen MR) is 74.2 cm³/mol. The summed E-state index contributed by atoms with van der Waals surface area (Å²) in [5.41, 5.74) is -1.56. The summed E-state index contributed by atoms with van der Waals surface area (Å²) in [6.07, 6.45) is -2.54. The molecule has 0 spiro atoms. The zero-order chi connectivity index (χ0) is 16.8. The van der Waals surface area contributed by atoms with E-state index in [1.807, 2.05) is 0 Å². The van der Waals surface area contributed by atoms with Crippen LogP contribution in [0.25, 0.3) is 0 Å². The molecule has 126 valence electrons. The summed E-state index contributed by atoms with van der Waals surface area (Å²) >= 11 is 0. The van der Waals surface area contributed by atoms with Crippen LogP contribution in [-0.4, -0.2) is 12.1 Å². The first-order valence-corrected chi connectivity index (χ1v) is 7.67. The highest BCUT2D eigenvalue weighted by atomic mass is 19.4. The van der Waals surface area contributed by atoms with E-state index in [1.54, 1.807) is 13.8 Å². The van der Waals surface area contributed by atoms with Crippen molar-refractivity contribution < 1.29 is 22.0 Å². The van der Waals surface area contributed by atoms with Crippen molar-refractivity contribution in [2.24, 2.45) is 35.0 Å². The lowest BCUT2D eigenvalue weighted by atomic mass is 9.81. The van der Waals surface area contributed by atoms with E-state index in [9.17, 15) is 22.0 Å². The van der Waals surface area contributed by atoms with E-state index in [1.165, 1.54) is 13.8 Å². The average molecular weight is 314 g/mol. The number of alkyl halides is 5. The number of halogens is 5. The second-order valence-corrected chi connectivity index (χ2v) is 7.74. The molecule has 0 radical (unpaired) electrons. The maximum absolute atomic E-state index is 12.7. The van der Waals surface area contributed by atoms with Gasteiger partial charge in [0.25, 0.3) is 5.92 Å². The van der Waals surface area contributed by atoms with Crippen molar-refractivity contribution in [1.29, 1.82) is 0 Å². The summed E-state index contributed by atoms with van der Waals surface area (Å²) in [5, 5.41) is 0. The van der Waals surface area contributed by atoms with Crippen LogP contribution in [0.15, 0.2) is 0 Å². The quantitative estimate of drug-likeness (QED) is 0.535. The number of hydrogen-bond donors (Lipinski definition) is 0. The van der Waals surface area contributed by atoms with Gasteiger partial charge in [0.05, 0.1) is 5.41 Å². The van der Waals surface area contributed by atoms with Crippen LogP contribution in [0.2, 0.25) is 0 Å². The molecule has 0 nitrogen and oxygen atoms in total. The monoisotopic (exact) mass is 314 g/mol. The SMILES string of the molecule is CC(C)C(C)(C)C(F)(F)F.CC(C)C1CC2C(C1)C2(F)F. The maximum atomic E-state index is 12.7. The van der Waals surface area contributed by atoms with Crippen molar-refractivity contribution in [2.45, 2.75) is 66.5 Å². The van der Waals surface area contributed by atoms with Crippen LogP contribution in [-0.2, 0) is 0 Å². The van der Waals surface area contributed by atoms with Gasteiger partial charge in [-0.25, -0.2) is 8.78 Å². The fourth-order valence-corrected chi connectivity index (χ4v) is 2.72. The topological polar surface area (TPSA) is 0 Å². The smallest absolute Gasteiger partial charge is 0.206 e. The highest BCUT2D eigenvalue weighted by Crippen LogP contribution is 2.66. The molecule has 2 aliphatic carbocycles. The minimum atomic E-state index is -4.08. The molecule has 5 heteroatoms. The first-order chi connectivity index (χ1) is 9.23. The van der Waals surface area contributed by atoms with Gasteiger partial charge in [-0.3, -0.25) is 0 Å². The molecular weight excluding hydrogens is 287 g/mol. The summed E-state index contributed by atoms with van der Waals surface area (Å²) < 4.78 is 61.6. The largest absolute Gasteiger partial charge is 0.394 e. The minimum Gasteiger partial charge on any atom is -0.206 e. The first kappa shape index (κ1) is 18.7. The Kier molecular flexibility index (Phi) is 5.07. The Labute approximate surface area is 124 Å². The molecule has 0 N–H and O–H groups in total. The molecule has 2 atom stereocenters. The Morgan fingerprint density at radius 2 is 1.29 bits per heavy atom. The van der Waals surface area contributed by atoms with Gasteiger partial charge >= 0.3 is 6.18 Å². The van der Waals surface area contributed by atoms with Crippen LogP contribution < -0.4 is 0 Å². The fourth-order valence-electron chi connectivity index (χ4n) is 2.72. The van der Waals surface area contributed by atoms with Crippen LogP contribution in [0.5, 0.6) is 0 Å². The van der Waals surface area contributed by atoms with E-state index in [2.05, 4.69) is 13.8 Å². The van der Waals surface area contributed by atoms with Gasteiger partial charge in [-0.15, -0.1) is 0 Å². The van der Waals surface area contributed by atoms with Crippen molar-refractivity contribution in [3.8, 4) is 0 Å². The summed E-state index contributed by atoms with van der Waals surface area (Å²) in [6, 6.07) is 0. The Balaban J connectivity index is 0.000000212. The lowest BCUT2D eigenvalue weighted by molar-refractivity contribution is -0.225. The molecule has 21 heavy (non-hydrogen) atoms. The second-order valence-electron chi connectivity index (χ2n) is 7.74. The normalized spacial score (nSPS) is 31.0. The number of rotatable bonds is 2. The zero-order valence-corrected chi connectivity index (χ0v) is 13.7. The lowest BCUT2D eigenvalue weighted by Gasteiger charge is -2.31. The average Bonchev–Trinajstić information content (AvgIpc) is 2.68. The second kappa shape index (κ2) is 5.69. The number of hydrogen-bond acceptors (Lipinski definition) is 0. The van der Waals surface area contributed by atoms with Gasteiger partial charge in [0, 0.05) is 11.8 Å². The molecular formula is C16H27F5. The number of fused-ring (bicyclic) bond motifs is 1. The van der Waals surface area contributed by atoms with Crippen molar-refractivity contribution in [3.63, 3.8) is 0 Å². The molecule has 2 fully saturated rings. The molecule has 2 aliphatic rings. The van der Waals surface area contributed by atoms with Crippen molar-refractivity contribution in [3.05, 3.63) is 0 Å². The lowest BCUT2D eigenvalue weighted by Crippen LogP contribution is -2.36. The van der Waals surface area contributed by atoms with E-state index < -0.39 is 17.5 Å². The minimum absolute atomic E-state index is 0.241. The Hall–Kier alpha value is -0.350. The van der Waals surface area contributed by atoms with Crippen molar-refractivity contribution in [2.75, 3.05) is 0 Å². The Morgan fingerprint density at radius 3 is 1.48 bits per heavy atom. The predicted octanol–water partition coefficient (Wildman–Crippen LogP) is 6.16. The van der Waals surface area contributed by atoms with Crippen LogP contribution >= 0.6 is 0 Å². The van der Waals surface area contributed by atoms with E-state index in [0.717, 1.165) is 12.8 Å². The van der Waals surface area contributed by atoms with E-state index in [4.69, 9.17) is 0 Å². The van der Waals surface area contributed by atoms with Crippen molar-refractivity contribution in [1.82, 2.24) is 0 Å². The summed E-state index contributed by atoms with van der Waals surface area (Å²) in [4.78, 5) is 0. The van der Waals surface area contributed by atoms with Crippen LogP contribution in [0, 0.1) is 35.0 Å². The maximum Gasteiger partial charge on any atom is 0.394 e. The molecule has 0 aromatic carbocycles. The molecule has 2 rings (SSSR count). The summed E-state index contributed by atoms with van der Waals surface area (Å²) in [6.45, 7) is 9.86.